The normalized spacial score (nSPS) is 20.9. The molecule has 0 radical (unpaired) electrons. The summed E-state index contributed by atoms with van der Waals surface area (Å²) in [4.78, 5) is 0. The van der Waals surface area contributed by atoms with Gasteiger partial charge in [0, 0.05) is 12.1 Å². The first-order valence-electron chi connectivity index (χ1n) is 4.74. The molecule has 1 heteroatoms. The molecule has 11 heavy (non-hydrogen) atoms. The van der Waals surface area contributed by atoms with E-state index in [1.54, 1.807) is 0 Å². The predicted octanol–water partition coefficient (Wildman–Crippen LogP) is 2.48. The van der Waals surface area contributed by atoms with Crippen LogP contribution in [0.3, 0.4) is 0 Å². The van der Waals surface area contributed by atoms with Crippen molar-refractivity contribution in [2.24, 2.45) is 0 Å². The van der Waals surface area contributed by atoms with E-state index in [-0.39, 0.29) is 0 Å². The van der Waals surface area contributed by atoms with E-state index in [0.29, 0.717) is 6.04 Å². The molecule has 0 bridgehead atoms. The minimum absolute atomic E-state index is 0.672. The van der Waals surface area contributed by atoms with Gasteiger partial charge in [0.25, 0.3) is 0 Å². The van der Waals surface area contributed by atoms with Gasteiger partial charge in [-0.15, -0.1) is 0 Å². The molecule has 0 spiro atoms. The molecule has 0 amide bonds. The third kappa shape index (κ3) is 4.20. The first kappa shape index (κ1) is 8.79. The lowest BCUT2D eigenvalue weighted by Gasteiger charge is -2.09. The van der Waals surface area contributed by atoms with Crippen LogP contribution in [0.25, 0.3) is 0 Å². The van der Waals surface area contributed by atoms with Gasteiger partial charge < -0.3 is 5.32 Å². The van der Waals surface area contributed by atoms with Crippen LogP contribution in [0.4, 0.5) is 0 Å². The Morgan fingerprint density at radius 1 is 1.45 bits per heavy atom. The summed E-state index contributed by atoms with van der Waals surface area (Å²) in [7, 11) is 0. The first-order chi connectivity index (χ1) is 5.33. The molecule has 1 atom stereocenters. The van der Waals surface area contributed by atoms with Gasteiger partial charge in [0.15, 0.2) is 0 Å². The highest BCUT2D eigenvalue weighted by Crippen LogP contribution is 2.19. The molecule has 0 saturated heterocycles. The highest BCUT2D eigenvalue weighted by molar-refractivity contribution is 4.88. The van der Waals surface area contributed by atoms with Gasteiger partial charge in [0.2, 0.25) is 0 Å². The Hall–Kier alpha value is -0.300. The summed E-state index contributed by atoms with van der Waals surface area (Å²) in [5, 5.41) is 3.56. The van der Waals surface area contributed by atoms with E-state index in [4.69, 9.17) is 0 Å². The van der Waals surface area contributed by atoms with Gasteiger partial charge in [0.05, 0.1) is 0 Å². The Bertz CT molecular complexity index is 125. The lowest BCUT2D eigenvalue weighted by molar-refractivity contribution is 0.550. The van der Waals surface area contributed by atoms with E-state index >= 15 is 0 Å². The summed E-state index contributed by atoms with van der Waals surface area (Å²) in [5.41, 5.74) is 0. The summed E-state index contributed by atoms with van der Waals surface area (Å²) in [6, 6.07) is 1.52. The van der Waals surface area contributed by atoms with Crippen molar-refractivity contribution in [1.82, 2.24) is 5.32 Å². The SMILES string of the molecule is CC/C=C\CC(C)NC1CC1. The predicted molar refractivity (Wildman–Crippen MR) is 49.7 cm³/mol. The van der Waals surface area contributed by atoms with Gasteiger partial charge in [0.1, 0.15) is 0 Å². The third-order valence-electron chi connectivity index (χ3n) is 1.99. The Morgan fingerprint density at radius 2 is 2.18 bits per heavy atom. The molecule has 1 aliphatic rings. The topological polar surface area (TPSA) is 12.0 Å². The van der Waals surface area contributed by atoms with E-state index in [1.807, 2.05) is 0 Å². The van der Waals surface area contributed by atoms with Crippen molar-refractivity contribution in [3.8, 4) is 0 Å². The van der Waals surface area contributed by atoms with E-state index in [9.17, 15) is 0 Å². The molecule has 1 rings (SSSR count). The third-order valence-corrected chi connectivity index (χ3v) is 1.99. The van der Waals surface area contributed by atoms with Gasteiger partial charge in [-0.25, -0.2) is 0 Å². The molecule has 1 aliphatic carbocycles. The fourth-order valence-corrected chi connectivity index (χ4v) is 1.19. The smallest absolute Gasteiger partial charge is 0.00758 e. The van der Waals surface area contributed by atoms with E-state index in [1.165, 1.54) is 19.3 Å². The lowest BCUT2D eigenvalue weighted by Crippen LogP contribution is -2.27. The van der Waals surface area contributed by atoms with Crippen molar-refractivity contribution < 1.29 is 0 Å². The monoisotopic (exact) mass is 153 g/mol. The highest BCUT2D eigenvalue weighted by Gasteiger charge is 2.21. The second kappa shape index (κ2) is 4.55. The van der Waals surface area contributed by atoms with Crippen molar-refractivity contribution in [3.05, 3.63) is 12.2 Å². The van der Waals surface area contributed by atoms with Crippen LogP contribution in [0.15, 0.2) is 12.2 Å². The Morgan fingerprint density at radius 3 is 2.73 bits per heavy atom. The standard InChI is InChI=1S/C10H19N/c1-3-4-5-6-9(2)11-10-7-8-10/h4-5,9-11H,3,6-8H2,1-2H3/b5-4-. The largest absolute Gasteiger partial charge is 0.311 e. The molecule has 64 valence electrons. The zero-order valence-corrected chi connectivity index (χ0v) is 7.64. The fourth-order valence-electron chi connectivity index (χ4n) is 1.19. The van der Waals surface area contributed by atoms with Crippen LogP contribution < -0.4 is 5.32 Å². The zero-order valence-electron chi connectivity index (χ0n) is 7.64. The maximum atomic E-state index is 3.56. The van der Waals surface area contributed by atoms with Crippen LogP contribution in [-0.2, 0) is 0 Å². The average molecular weight is 153 g/mol. The number of allylic oxidation sites excluding steroid dienone is 1. The van der Waals surface area contributed by atoms with E-state index in [2.05, 4.69) is 31.3 Å². The molecule has 0 aliphatic heterocycles. The van der Waals surface area contributed by atoms with Crippen molar-refractivity contribution in [2.45, 2.75) is 51.6 Å². The quantitative estimate of drug-likeness (QED) is 0.598. The van der Waals surface area contributed by atoms with Crippen molar-refractivity contribution >= 4 is 0 Å². The summed E-state index contributed by atoms with van der Waals surface area (Å²) < 4.78 is 0. The summed E-state index contributed by atoms with van der Waals surface area (Å²) in [6.07, 6.45) is 9.65. The second-order valence-corrected chi connectivity index (χ2v) is 3.46. The van der Waals surface area contributed by atoms with Crippen LogP contribution in [-0.4, -0.2) is 12.1 Å². The molecule has 0 aromatic heterocycles. The van der Waals surface area contributed by atoms with Crippen molar-refractivity contribution in [3.63, 3.8) is 0 Å². The number of rotatable bonds is 5. The minimum Gasteiger partial charge on any atom is -0.311 e. The van der Waals surface area contributed by atoms with Crippen molar-refractivity contribution in [1.29, 1.82) is 0 Å². The van der Waals surface area contributed by atoms with Crippen LogP contribution in [0.2, 0.25) is 0 Å². The maximum absolute atomic E-state index is 3.56. The highest BCUT2D eigenvalue weighted by atomic mass is 15.0. The molecule has 1 fully saturated rings. The summed E-state index contributed by atoms with van der Waals surface area (Å²) in [5.74, 6) is 0. The minimum atomic E-state index is 0.672. The molecule has 0 aromatic rings. The number of hydrogen-bond donors (Lipinski definition) is 1. The number of nitrogens with one attached hydrogen (secondary N) is 1. The van der Waals surface area contributed by atoms with Crippen molar-refractivity contribution in [2.75, 3.05) is 0 Å². The maximum Gasteiger partial charge on any atom is 0.00758 e. The molecular formula is C10H19N. The molecule has 1 unspecified atom stereocenters. The first-order valence-corrected chi connectivity index (χ1v) is 4.74. The average Bonchev–Trinajstić information content (AvgIpc) is 2.72. The molecule has 1 N–H and O–H groups in total. The summed E-state index contributed by atoms with van der Waals surface area (Å²) >= 11 is 0. The van der Waals surface area contributed by atoms with Crippen LogP contribution in [0.5, 0.6) is 0 Å². The summed E-state index contributed by atoms with van der Waals surface area (Å²) in [6.45, 7) is 4.44. The van der Waals surface area contributed by atoms with Crippen LogP contribution >= 0.6 is 0 Å². The molecule has 1 nitrogen and oxygen atoms in total. The van der Waals surface area contributed by atoms with Gasteiger partial charge in [-0.2, -0.15) is 0 Å². The Kier molecular flexibility index (Phi) is 3.64. The molecule has 0 heterocycles. The Labute approximate surface area is 69.9 Å². The van der Waals surface area contributed by atoms with Crippen LogP contribution in [0, 0.1) is 0 Å². The molecule has 1 saturated carbocycles. The lowest BCUT2D eigenvalue weighted by atomic mass is 10.2. The van der Waals surface area contributed by atoms with Gasteiger partial charge >= 0.3 is 0 Å². The second-order valence-electron chi connectivity index (χ2n) is 3.46. The number of hydrogen-bond acceptors (Lipinski definition) is 1. The van der Waals surface area contributed by atoms with Gasteiger partial charge in [-0.05, 0) is 32.6 Å². The van der Waals surface area contributed by atoms with Gasteiger partial charge in [-0.3, -0.25) is 0 Å². The molecule has 0 aromatic carbocycles. The zero-order chi connectivity index (χ0) is 8.10. The van der Waals surface area contributed by atoms with Crippen LogP contribution in [0.1, 0.15) is 39.5 Å². The van der Waals surface area contributed by atoms with Gasteiger partial charge in [-0.1, -0.05) is 19.1 Å². The van der Waals surface area contributed by atoms with E-state index < -0.39 is 0 Å². The molecular weight excluding hydrogens is 134 g/mol. The fraction of sp³-hybridized carbons (Fsp3) is 0.800. The Balaban J connectivity index is 1.99. The van der Waals surface area contributed by atoms with E-state index in [0.717, 1.165) is 12.5 Å².